The number of rotatable bonds is 20. The first-order chi connectivity index (χ1) is 16.7. The molecule has 0 saturated carbocycles. The van der Waals surface area contributed by atoms with Crippen LogP contribution in [0.2, 0.25) is 0 Å². The van der Waals surface area contributed by atoms with Gasteiger partial charge in [-0.2, -0.15) is 0 Å². The molecule has 0 unspecified atom stereocenters. The van der Waals surface area contributed by atoms with E-state index in [1.165, 1.54) is 116 Å². The van der Waals surface area contributed by atoms with Crippen LogP contribution < -0.4 is 20.0 Å². The molecule has 0 aromatic heterocycles. The highest BCUT2D eigenvalue weighted by Gasteiger charge is 2.06. The number of quaternary nitrogens is 2. The van der Waals surface area contributed by atoms with Crippen molar-refractivity contribution in [2.45, 2.75) is 126 Å². The Hall–Kier alpha value is -1.40. The Bertz CT molecular complexity index is 433. The zero-order chi connectivity index (χ0) is 27.3. The maximum absolute atomic E-state index is 9.76. The fourth-order valence-corrected chi connectivity index (χ4v) is 3.55. The van der Waals surface area contributed by atoms with Gasteiger partial charge < -0.3 is 29.6 Å². The minimum Gasteiger partial charge on any atom is -0.545 e. The van der Waals surface area contributed by atoms with Crippen LogP contribution in [-0.4, -0.2) is 51.2 Å². The Balaban J connectivity index is -0.000000448. The molecule has 0 heterocycles. The zero-order valence-corrected chi connectivity index (χ0v) is 24.4. The van der Waals surface area contributed by atoms with Crippen molar-refractivity contribution in [2.75, 3.05) is 39.3 Å². The first-order valence-electron chi connectivity index (χ1n) is 14.5. The van der Waals surface area contributed by atoms with E-state index in [0.29, 0.717) is 6.08 Å². The molecule has 0 aliphatic rings. The average molecular weight is 501 g/mol. The molecule has 2 N–H and O–H groups in total. The normalized spacial score (nSPS) is 11.1. The van der Waals surface area contributed by atoms with E-state index in [-0.39, 0.29) is 5.57 Å². The molecule has 35 heavy (non-hydrogen) atoms. The van der Waals surface area contributed by atoms with Crippen molar-refractivity contribution in [2.24, 2.45) is 0 Å². The van der Waals surface area contributed by atoms with Gasteiger partial charge in [0.2, 0.25) is 0 Å². The monoisotopic (exact) mass is 500 g/mol. The molecule has 6 heteroatoms. The van der Waals surface area contributed by atoms with Gasteiger partial charge in [0.05, 0.1) is 51.2 Å². The smallest absolute Gasteiger partial charge is 0.0770 e. The number of aliphatic carboxylic acids is 2. The molecule has 210 valence electrons. The SMILES string of the molecule is C/C(=C/C(=O)[O-])C(=O)[O-].CCCC[NH+](CCCC)CCCC.CCCC[NH+](CCCC)CCCC. The van der Waals surface area contributed by atoms with E-state index < -0.39 is 11.9 Å². The number of nitrogens with one attached hydrogen (secondary N) is 2. The Morgan fingerprint density at radius 3 is 0.886 bits per heavy atom. The molecular weight excluding hydrogens is 440 g/mol. The summed E-state index contributed by atoms with van der Waals surface area (Å²) in [6.45, 7) is 23.2. The van der Waals surface area contributed by atoms with E-state index in [1.807, 2.05) is 9.80 Å². The van der Waals surface area contributed by atoms with E-state index in [4.69, 9.17) is 0 Å². The molecule has 0 radical (unpaired) electrons. The second-order valence-electron chi connectivity index (χ2n) is 9.56. The van der Waals surface area contributed by atoms with E-state index >= 15 is 0 Å². The summed E-state index contributed by atoms with van der Waals surface area (Å²) in [5.74, 6) is -3.03. The third-order valence-corrected chi connectivity index (χ3v) is 5.96. The Morgan fingerprint density at radius 1 is 0.543 bits per heavy atom. The van der Waals surface area contributed by atoms with Gasteiger partial charge in [-0.15, -0.1) is 0 Å². The van der Waals surface area contributed by atoms with Crippen LogP contribution in [0, 0.1) is 0 Å². The first-order valence-corrected chi connectivity index (χ1v) is 14.5. The molecule has 0 aliphatic heterocycles. The summed E-state index contributed by atoms with van der Waals surface area (Å²) in [5, 5.41) is 19.4. The van der Waals surface area contributed by atoms with E-state index in [0.717, 1.165) is 6.92 Å². The molecular formula is C29H60N2O4. The van der Waals surface area contributed by atoms with Gasteiger partial charge in [0, 0.05) is 0 Å². The van der Waals surface area contributed by atoms with Crippen molar-refractivity contribution in [1.82, 2.24) is 0 Å². The van der Waals surface area contributed by atoms with Gasteiger partial charge in [-0.1, -0.05) is 80.1 Å². The van der Waals surface area contributed by atoms with Crippen LogP contribution in [0.25, 0.3) is 0 Å². The number of hydrogen-bond donors (Lipinski definition) is 2. The summed E-state index contributed by atoms with van der Waals surface area (Å²) in [6.07, 6.45) is 17.0. The van der Waals surface area contributed by atoms with Gasteiger partial charge in [0.15, 0.2) is 0 Å². The Labute approximate surface area is 218 Å². The summed E-state index contributed by atoms with van der Waals surface area (Å²) in [5.41, 5.74) is -0.352. The summed E-state index contributed by atoms with van der Waals surface area (Å²) in [4.78, 5) is 23.1. The molecule has 0 spiro atoms. The van der Waals surface area contributed by atoms with Crippen LogP contribution in [0.4, 0.5) is 0 Å². The zero-order valence-electron chi connectivity index (χ0n) is 24.4. The second kappa shape index (κ2) is 30.6. The topological polar surface area (TPSA) is 89.1 Å². The Morgan fingerprint density at radius 2 is 0.771 bits per heavy atom. The predicted molar refractivity (Wildman–Crippen MR) is 144 cm³/mol. The van der Waals surface area contributed by atoms with Crippen molar-refractivity contribution in [3.63, 3.8) is 0 Å². The van der Waals surface area contributed by atoms with Gasteiger partial charge in [-0.3, -0.25) is 0 Å². The molecule has 0 aliphatic carbocycles. The van der Waals surface area contributed by atoms with Crippen LogP contribution >= 0.6 is 0 Å². The third-order valence-electron chi connectivity index (χ3n) is 5.96. The van der Waals surface area contributed by atoms with Crippen LogP contribution in [0.1, 0.15) is 126 Å². The van der Waals surface area contributed by atoms with Crippen molar-refractivity contribution in [3.8, 4) is 0 Å². The van der Waals surface area contributed by atoms with Crippen molar-refractivity contribution >= 4 is 11.9 Å². The van der Waals surface area contributed by atoms with Gasteiger partial charge in [0.1, 0.15) is 0 Å². The fraction of sp³-hybridized carbons (Fsp3) is 0.862. The number of unbranched alkanes of at least 4 members (excludes halogenated alkanes) is 6. The third kappa shape index (κ3) is 32.6. The Kier molecular flexibility index (Phi) is 33.4. The quantitative estimate of drug-likeness (QED) is 0.250. The lowest BCUT2D eigenvalue weighted by atomic mass is 10.2. The fourth-order valence-electron chi connectivity index (χ4n) is 3.55. The van der Waals surface area contributed by atoms with Crippen LogP contribution in [0.15, 0.2) is 11.6 Å². The number of carboxylic acid groups (broad SMARTS) is 2. The molecule has 0 fully saturated rings. The molecule has 0 aromatic carbocycles. The van der Waals surface area contributed by atoms with Gasteiger partial charge in [0.25, 0.3) is 0 Å². The second-order valence-corrected chi connectivity index (χ2v) is 9.56. The van der Waals surface area contributed by atoms with Gasteiger partial charge in [-0.05, 0) is 57.1 Å². The van der Waals surface area contributed by atoms with Gasteiger partial charge >= 0.3 is 0 Å². The lowest BCUT2D eigenvalue weighted by Gasteiger charge is -2.18. The highest BCUT2D eigenvalue weighted by atomic mass is 16.4. The van der Waals surface area contributed by atoms with Crippen LogP contribution in [-0.2, 0) is 9.59 Å². The molecule has 0 rings (SSSR count). The maximum Gasteiger partial charge on any atom is 0.0770 e. The first kappa shape index (κ1) is 38.1. The molecule has 0 aromatic rings. The van der Waals surface area contributed by atoms with Crippen molar-refractivity contribution in [3.05, 3.63) is 11.6 Å². The van der Waals surface area contributed by atoms with Crippen LogP contribution in [0.3, 0.4) is 0 Å². The molecule has 0 amide bonds. The highest BCUT2D eigenvalue weighted by molar-refractivity contribution is 5.92. The standard InChI is InChI=1S/2C12H27N.C5H6O4/c2*1-4-7-10-13(11-8-5-2)12-9-6-3;1-3(5(8)9)2-4(6)7/h2*4-12H2,1-3H3;2H,1H3,(H,6,7)(H,8,9)/b;;3-2-. The number of hydrogen-bond acceptors (Lipinski definition) is 4. The number of carbonyl (C=O) groups is 2. The summed E-state index contributed by atoms with van der Waals surface area (Å²) in [6, 6.07) is 0. The van der Waals surface area contributed by atoms with Gasteiger partial charge in [-0.25, -0.2) is 0 Å². The summed E-state index contributed by atoms with van der Waals surface area (Å²) in [7, 11) is 0. The van der Waals surface area contributed by atoms with E-state index in [9.17, 15) is 19.8 Å². The lowest BCUT2D eigenvalue weighted by Crippen LogP contribution is -3.12. The number of carbonyl (C=O) groups excluding carboxylic acids is 2. The van der Waals surface area contributed by atoms with E-state index in [2.05, 4.69) is 41.5 Å². The minimum atomic E-state index is -1.53. The lowest BCUT2D eigenvalue weighted by molar-refractivity contribution is -0.900. The largest absolute Gasteiger partial charge is 0.545 e. The van der Waals surface area contributed by atoms with E-state index in [1.54, 1.807) is 0 Å². The predicted octanol–water partition coefficient (Wildman–Crippen LogP) is 1.98. The van der Waals surface area contributed by atoms with Crippen LogP contribution in [0.5, 0.6) is 0 Å². The highest BCUT2D eigenvalue weighted by Crippen LogP contribution is 1.87. The average Bonchev–Trinajstić information content (AvgIpc) is 2.83. The molecule has 6 nitrogen and oxygen atoms in total. The van der Waals surface area contributed by atoms with Crippen molar-refractivity contribution in [1.29, 1.82) is 0 Å². The minimum absolute atomic E-state index is 0.352. The van der Waals surface area contributed by atoms with Crippen molar-refractivity contribution < 1.29 is 29.6 Å². The summed E-state index contributed by atoms with van der Waals surface area (Å²) < 4.78 is 0. The molecule has 0 atom stereocenters. The maximum atomic E-state index is 9.76. The molecule has 0 saturated heterocycles. The summed E-state index contributed by atoms with van der Waals surface area (Å²) >= 11 is 0. The number of carboxylic acids is 2. The molecule has 0 bridgehead atoms.